The molecule has 0 aliphatic heterocycles. The van der Waals surface area contributed by atoms with Crippen LogP contribution in [0.4, 0.5) is 17.1 Å². The van der Waals surface area contributed by atoms with Crippen molar-refractivity contribution in [2.75, 3.05) is 4.90 Å². The first-order valence-electron chi connectivity index (χ1n) is 15.0. The Morgan fingerprint density at radius 2 is 0.955 bits per heavy atom. The highest BCUT2D eigenvalue weighted by atomic mass is 16.3. The lowest BCUT2D eigenvalue weighted by atomic mass is 9.96. The molecule has 0 unspecified atom stereocenters. The molecule has 0 radical (unpaired) electrons. The number of hydrogen-bond donors (Lipinski definition) is 0. The summed E-state index contributed by atoms with van der Waals surface area (Å²) in [6.45, 7) is 0. The Balaban J connectivity index is 1.37. The largest absolute Gasteiger partial charge is 0.456 e. The molecule has 0 saturated carbocycles. The maximum absolute atomic E-state index is 6.19. The lowest BCUT2D eigenvalue weighted by Gasteiger charge is -2.30. The van der Waals surface area contributed by atoms with E-state index in [-0.39, 0.29) is 0 Å². The van der Waals surface area contributed by atoms with E-state index in [1.807, 2.05) is 12.1 Å². The van der Waals surface area contributed by atoms with Gasteiger partial charge in [0.2, 0.25) is 0 Å². The minimum absolute atomic E-state index is 0.902. The van der Waals surface area contributed by atoms with Crippen molar-refractivity contribution in [1.82, 2.24) is 0 Å². The summed E-state index contributed by atoms with van der Waals surface area (Å²) in [5.41, 5.74) is 7.53. The summed E-state index contributed by atoms with van der Waals surface area (Å²) in [7, 11) is 0. The quantitative estimate of drug-likeness (QED) is 0.199. The first-order chi connectivity index (χ1) is 21.8. The molecule has 0 aliphatic rings. The molecule has 9 rings (SSSR count). The van der Waals surface area contributed by atoms with Crippen molar-refractivity contribution in [3.63, 3.8) is 0 Å². The first kappa shape index (κ1) is 24.7. The average Bonchev–Trinajstić information content (AvgIpc) is 3.47. The number of anilines is 3. The molecule has 2 nitrogen and oxygen atoms in total. The third kappa shape index (κ3) is 3.82. The molecular weight excluding hydrogens is 534 g/mol. The van der Waals surface area contributed by atoms with Gasteiger partial charge in [-0.2, -0.15) is 0 Å². The molecule has 44 heavy (non-hydrogen) atoms. The van der Waals surface area contributed by atoms with Gasteiger partial charge in [0.1, 0.15) is 11.2 Å². The fraction of sp³-hybridized carbons (Fsp3) is 0. The van der Waals surface area contributed by atoms with Gasteiger partial charge in [0.05, 0.1) is 17.1 Å². The zero-order chi connectivity index (χ0) is 29.0. The monoisotopic (exact) mass is 561 g/mol. The minimum atomic E-state index is 0.902. The Hall–Kier alpha value is -5.86. The summed E-state index contributed by atoms with van der Waals surface area (Å²) < 4.78 is 6.19. The number of nitrogens with zero attached hydrogens (tertiary/aromatic N) is 1. The third-order valence-corrected chi connectivity index (χ3v) is 8.83. The molecule has 0 fully saturated rings. The second-order valence-corrected chi connectivity index (χ2v) is 11.3. The average molecular weight is 562 g/mol. The maximum atomic E-state index is 6.19. The highest BCUT2D eigenvalue weighted by Crippen LogP contribution is 2.47. The Morgan fingerprint density at radius 3 is 1.84 bits per heavy atom. The highest BCUT2D eigenvalue weighted by Gasteiger charge is 2.22. The first-order valence-corrected chi connectivity index (χ1v) is 15.0. The zero-order valence-corrected chi connectivity index (χ0v) is 23.9. The number of benzene rings is 8. The van der Waals surface area contributed by atoms with Crippen LogP contribution in [-0.2, 0) is 0 Å². The predicted octanol–water partition coefficient (Wildman–Crippen LogP) is 12.2. The fourth-order valence-corrected chi connectivity index (χ4v) is 6.82. The number of rotatable bonds is 4. The van der Waals surface area contributed by atoms with Gasteiger partial charge in [0, 0.05) is 27.1 Å². The number of para-hydroxylation sites is 2. The van der Waals surface area contributed by atoms with E-state index >= 15 is 0 Å². The van der Waals surface area contributed by atoms with Gasteiger partial charge in [-0.3, -0.25) is 0 Å². The van der Waals surface area contributed by atoms with E-state index in [9.17, 15) is 0 Å². The van der Waals surface area contributed by atoms with E-state index in [0.717, 1.165) is 50.1 Å². The lowest BCUT2D eigenvalue weighted by molar-refractivity contribution is 0.669. The van der Waals surface area contributed by atoms with Crippen LogP contribution in [0, 0.1) is 0 Å². The van der Waals surface area contributed by atoms with Crippen molar-refractivity contribution in [2.24, 2.45) is 0 Å². The molecule has 0 atom stereocenters. The molecule has 0 N–H and O–H groups in total. The van der Waals surface area contributed by atoms with Crippen molar-refractivity contribution in [1.29, 1.82) is 0 Å². The van der Waals surface area contributed by atoms with Crippen LogP contribution in [0.5, 0.6) is 0 Å². The van der Waals surface area contributed by atoms with Gasteiger partial charge in [-0.15, -0.1) is 0 Å². The smallest absolute Gasteiger partial charge is 0.135 e. The topological polar surface area (TPSA) is 16.4 Å². The van der Waals surface area contributed by atoms with E-state index in [1.54, 1.807) is 0 Å². The summed E-state index contributed by atoms with van der Waals surface area (Å²) in [6.07, 6.45) is 0. The van der Waals surface area contributed by atoms with Crippen molar-refractivity contribution >= 4 is 71.3 Å². The molecule has 206 valence electrons. The summed E-state index contributed by atoms with van der Waals surface area (Å²) in [6, 6.07) is 58.7. The molecule has 8 aromatic carbocycles. The summed E-state index contributed by atoms with van der Waals surface area (Å²) in [5, 5.41) is 9.61. The molecular formula is C42H27NO. The van der Waals surface area contributed by atoms with Crippen molar-refractivity contribution in [2.45, 2.75) is 0 Å². The summed E-state index contributed by atoms with van der Waals surface area (Å²) in [4.78, 5) is 2.46. The van der Waals surface area contributed by atoms with Crippen LogP contribution in [0.1, 0.15) is 0 Å². The van der Waals surface area contributed by atoms with Crippen LogP contribution >= 0.6 is 0 Å². The van der Waals surface area contributed by atoms with Gasteiger partial charge in [0.25, 0.3) is 0 Å². The van der Waals surface area contributed by atoms with Crippen molar-refractivity contribution < 1.29 is 4.42 Å². The molecule has 2 heteroatoms. The SMILES string of the molecule is c1ccc(N(c2cccc3ccccc23)c2cc3ccccc3c3ccccc23)c(-c2ccc3oc4ccccc4c3c2)c1. The molecule has 0 spiro atoms. The van der Waals surface area contributed by atoms with Crippen LogP contribution in [0.3, 0.4) is 0 Å². The number of hydrogen-bond acceptors (Lipinski definition) is 2. The minimum Gasteiger partial charge on any atom is -0.456 e. The van der Waals surface area contributed by atoms with Gasteiger partial charge in [-0.1, -0.05) is 127 Å². The molecule has 9 aromatic rings. The van der Waals surface area contributed by atoms with E-state index in [4.69, 9.17) is 4.42 Å². The number of fused-ring (bicyclic) bond motifs is 7. The van der Waals surface area contributed by atoms with Crippen molar-refractivity contribution in [3.8, 4) is 11.1 Å². The Labute approximate surface area is 255 Å². The van der Waals surface area contributed by atoms with Crippen LogP contribution in [0.25, 0.3) is 65.4 Å². The van der Waals surface area contributed by atoms with E-state index in [2.05, 4.69) is 157 Å². The van der Waals surface area contributed by atoms with E-state index < -0.39 is 0 Å². The van der Waals surface area contributed by atoms with Crippen molar-refractivity contribution in [3.05, 3.63) is 164 Å². The van der Waals surface area contributed by atoms with Crippen LogP contribution in [0.2, 0.25) is 0 Å². The molecule has 0 bridgehead atoms. The van der Waals surface area contributed by atoms with Gasteiger partial charge >= 0.3 is 0 Å². The number of furan rings is 1. The van der Waals surface area contributed by atoms with Gasteiger partial charge in [0.15, 0.2) is 0 Å². The fourth-order valence-electron chi connectivity index (χ4n) is 6.82. The lowest BCUT2D eigenvalue weighted by Crippen LogP contribution is -2.12. The normalized spacial score (nSPS) is 11.6. The van der Waals surface area contributed by atoms with Gasteiger partial charge in [-0.05, 0) is 63.5 Å². The van der Waals surface area contributed by atoms with Crippen LogP contribution < -0.4 is 4.90 Å². The molecule has 1 aromatic heterocycles. The Kier molecular flexibility index (Phi) is 5.54. The summed E-state index contributed by atoms with van der Waals surface area (Å²) in [5.74, 6) is 0. The maximum Gasteiger partial charge on any atom is 0.135 e. The predicted molar refractivity (Wildman–Crippen MR) is 186 cm³/mol. The Morgan fingerprint density at radius 1 is 0.341 bits per heavy atom. The molecule has 0 saturated heterocycles. The second-order valence-electron chi connectivity index (χ2n) is 11.3. The molecule has 1 heterocycles. The highest BCUT2D eigenvalue weighted by molar-refractivity contribution is 6.16. The summed E-state index contributed by atoms with van der Waals surface area (Å²) >= 11 is 0. The Bertz CT molecular complexity index is 2520. The van der Waals surface area contributed by atoms with Crippen LogP contribution in [-0.4, -0.2) is 0 Å². The molecule has 0 amide bonds. The van der Waals surface area contributed by atoms with Crippen LogP contribution in [0.15, 0.2) is 168 Å². The zero-order valence-electron chi connectivity index (χ0n) is 23.9. The molecule has 0 aliphatic carbocycles. The van der Waals surface area contributed by atoms with E-state index in [1.165, 1.54) is 32.3 Å². The third-order valence-electron chi connectivity index (χ3n) is 8.83. The van der Waals surface area contributed by atoms with E-state index in [0.29, 0.717) is 0 Å². The van der Waals surface area contributed by atoms with Gasteiger partial charge < -0.3 is 9.32 Å². The second kappa shape index (κ2) is 9.86. The van der Waals surface area contributed by atoms with Gasteiger partial charge in [-0.25, -0.2) is 0 Å². The standard InChI is InChI=1S/C42H27NO/c1-4-16-32-28(12-1)14-11-22-39(32)43(40-27-29-13-2-3-15-31(29)34-18-5-6-19-35(34)40)38-21-9-7-17-33(38)30-24-25-42-37(26-30)36-20-8-10-23-41(36)44-42/h1-27H.